The fraction of sp³-hybridized carbons (Fsp3) is 0.667. The first kappa shape index (κ1) is 38.5. The van der Waals surface area contributed by atoms with Gasteiger partial charge >= 0.3 is 12.0 Å². The van der Waals surface area contributed by atoms with Crippen molar-refractivity contribution in [2.45, 2.75) is 112 Å². The Morgan fingerprint density at radius 2 is 1.44 bits per heavy atom. The lowest BCUT2D eigenvalue weighted by Gasteiger charge is -2.37. The van der Waals surface area contributed by atoms with Crippen molar-refractivity contribution in [1.29, 1.82) is 0 Å². The van der Waals surface area contributed by atoms with Crippen LogP contribution in [0.2, 0.25) is 0 Å². The number of carboxylic acid groups (broad SMARTS) is 1. The van der Waals surface area contributed by atoms with Crippen LogP contribution in [-0.4, -0.2) is 82.8 Å². The third-order valence-corrected chi connectivity index (χ3v) is 9.29. The molecule has 0 aromatic heterocycles. The molecule has 1 aromatic rings. The number of nitrogens with one attached hydrogen (secondary N) is 4. The van der Waals surface area contributed by atoms with E-state index in [1.165, 1.54) is 4.90 Å². The van der Waals surface area contributed by atoms with Crippen molar-refractivity contribution in [3.8, 4) is 0 Å². The molecule has 0 bridgehead atoms. The summed E-state index contributed by atoms with van der Waals surface area (Å²) in [6.45, 7) is 14.9. The van der Waals surface area contributed by atoms with Crippen molar-refractivity contribution in [3.05, 3.63) is 35.9 Å². The van der Waals surface area contributed by atoms with E-state index >= 15 is 0 Å². The van der Waals surface area contributed by atoms with Crippen molar-refractivity contribution in [1.82, 2.24) is 26.2 Å². The van der Waals surface area contributed by atoms with Crippen LogP contribution in [0.15, 0.2) is 30.3 Å². The Kier molecular flexibility index (Phi) is 12.8. The Bertz CT molecular complexity index is 1330. The van der Waals surface area contributed by atoms with Crippen molar-refractivity contribution >= 4 is 35.5 Å². The van der Waals surface area contributed by atoms with E-state index in [1.807, 2.05) is 44.2 Å². The summed E-state index contributed by atoms with van der Waals surface area (Å²) in [7, 11) is 0. The molecule has 0 radical (unpaired) electrons. The van der Waals surface area contributed by atoms with Gasteiger partial charge in [-0.1, -0.05) is 98.6 Å². The minimum Gasteiger partial charge on any atom is -0.480 e. The van der Waals surface area contributed by atoms with E-state index in [4.69, 9.17) is 0 Å². The zero-order valence-corrected chi connectivity index (χ0v) is 29.7. The van der Waals surface area contributed by atoms with Gasteiger partial charge in [0, 0.05) is 13.1 Å². The lowest BCUT2D eigenvalue weighted by molar-refractivity contribution is -0.145. The molecule has 12 nitrogen and oxygen atoms in total. The monoisotopic (exact) mass is 669 g/mol. The highest BCUT2D eigenvalue weighted by molar-refractivity contribution is 6.38. The predicted octanol–water partition coefficient (Wildman–Crippen LogP) is 3.29. The minimum atomic E-state index is -1.21. The molecule has 5 N–H and O–H groups in total. The molecule has 2 aliphatic rings. The summed E-state index contributed by atoms with van der Waals surface area (Å²) in [6, 6.07) is 4.53. The molecule has 12 heteroatoms. The summed E-state index contributed by atoms with van der Waals surface area (Å²) in [5.74, 6) is -3.63. The zero-order chi connectivity index (χ0) is 36.0. The van der Waals surface area contributed by atoms with Gasteiger partial charge in [0.05, 0.1) is 6.04 Å². The summed E-state index contributed by atoms with van der Waals surface area (Å²) < 4.78 is 0. The minimum absolute atomic E-state index is 0.0184. The van der Waals surface area contributed by atoms with E-state index in [-0.39, 0.29) is 30.8 Å². The number of likely N-dealkylation sites (tertiary alicyclic amines) is 1. The number of carbonyl (C=O) groups is 6. The molecule has 1 aliphatic carbocycles. The standard InChI is InChI=1S/C36H55N5O7/c1-21(2)24-17-19-41(32(45)28(35(3,4)5)39-34(48)40-29(33(46)47)36(6,7)8)26(24)30(43)38-25(20-23-14-15-23)27(42)31(44)37-18-16-22-12-10-9-11-13-22/h9-13,21,23-26,28-29H,14-20H2,1-8H3,(H,37,44)(H,38,43)(H,46,47)(H2,39,40,48)/t24-,25?,26+,28-,29-/m1/s1. The Labute approximate surface area is 284 Å². The van der Waals surface area contributed by atoms with Crippen LogP contribution < -0.4 is 21.3 Å². The number of urea groups is 1. The topological polar surface area (TPSA) is 174 Å². The van der Waals surface area contributed by atoms with E-state index in [0.29, 0.717) is 19.3 Å². The van der Waals surface area contributed by atoms with E-state index in [0.717, 1.165) is 18.4 Å². The van der Waals surface area contributed by atoms with Crippen LogP contribution >= 0.6 is 0 Å². The molecule has 1 aromatic carbocycles. The number of benzene rings is 1. The summed E-state index contributed by atoms with van der Waals surface area (Å²) in [5.41, 5.74) is -0.566. The molecule has 2 fully saturated rings. The number of amides is 5. The Morgan fingerprint density at radius 3 is 1.96 bits per heavy atom. The number of rotatable bonds is 14. The van der Waals surface area contributed by atoms with Crippen LogP contribution in [0.4, 0.5) is 4.79 Å². The van der Waals surface area contributed by atoms with Crippen molar-refractivity contribution < 1.29 is 33.9 Å². The maximum atomic E-state index is 14.2. The predicted molar refractivity (Wildman–Crippen MR) is 182 cm³/mol. The second-order valence-corrected chi connectivity index (χ2v) is 15.8. The van der Waals surface area contributed by atoms with Crippen LogP contribution in [0.5, 0.6) is 0 Å². The molecule has 1 unspecified atom stereocenters. The fourth-order valence-electron chi connectivity index (χ4n) is 6.25. The normalized spacial score (nSPS) is 20.0. The second kappa shape index (κ2) is 16.0. The Hall–Kier alpha value is -3.96. The molecule has 1 heterocycles. The van der Waals surface area contributed by atoms with E-state index in [1.54, 1.807) is 41.5 Å². The third-order valence-electron chi connectivity index (χ3n) is 9.29. The summed E-state index contributed by atoms with van der Waals surface area (Å²) in [4.78, 5) is 81.1. The summed E-state index contributed by atoms with van der Waals surface area (Å²) in [6.07, 6.45) is 3.27. The average molecular weight is 670 g/mol. The number of ketones is 1. The molecule has 1 saturated heterocycles. The molecule has 5 amide bonds. The maximum Gasteiger partial charge on any atom is 0.326 e. The van der Waals surface area contributed by atoms with Gasteiger partial charge in [-0.25, -0.2) is 9.59 Å². The highest BCUT2D eigenvalue weighted by Crippen LogP contribution is 2.35. The smallest absolute Gasteiger partial charge is 0.326 e. The average Bonchev–Trinajstić information content (AvgIpc) is 3.69. The van der Waals surface area contributed by atoms with Gasteiger partial charge in [-0.15, -0.1) is 0 Å². The van der Waals surface area contributed by atoms with Crippen LogP contribution in [-0.2, 0) is 30.4 Å². The number of carbonyl (C=O) groups excluding carboxylic acids is 5. The third kappa shape index (κ3) is 10.5. The van der Waals surface area contributed by atoms with Crippen molar-refractivity contribution in [2.75, 3.05) is 13.1 Å². The molecule has 266 valence electrons. The first-order valence-corrected chi connectivity index (χ1v) is 17.1. The number of carboxylic acids is 1. The number of nitrogens with zero attached hydrogens (tertiary/aromatic N) is 1. The number of aliphatic carboxylic acids is 1. The highest BCUT2D eigenvalue weighted by atomic mass is 16.4. The number of hydrogen-bond acceptors (Lipinski definition) is 6. The van der Waals surface area contributed by atoms with Crippen LogP contribution in [0.25, 0.3) is 0 Å². The van der Waals surface area contributed by atoms with Crippen LogP contribution in [0.3, 0.4) is 0 Å². The Balaban J connectivity index is 1.78. The molecule has 48 heavy (non-hydrogen) atoms. The quantitative estimate of drug-likeness (QED) is 0.189. The Morgan fingerprint density at radius 1 is 0.854 bits per heavy atom. The maximum absolute atomic E-state index is 14.2. The van der Waals surface area contributed by atoms with Gasteiger partial charge in [0.15, 0.2) is 0 Å². The molecule has 1 aliphatic heterocycles. The molecule has 0 spiro atoms. The lowest BCUT2D eigenvalue weighted by Crippen LogP contribution is -2.62. The number of Topliss-reactive ketones (excluding diaryl/α,β-unsaturated/α-hetero) is 1. The van der Waals surface area contributed by atoms with Gasteiger partial charge in [0.2, 0.25) is 17.6 Å². The molecular formula is C36H55N5O7. The SMILES string of the molecule is CC(C)[C@H]1CCN(C(=O)[C@@H](NC(=O)N[C@H](C(=O)O)C(C)(C)C)C(C)(C)C)[C@@H]1C(=O)NC(CC1CC1)C(=O)C(=O)NCCc1ccccc1. The molecule has 3 rings (SSSR count). The fourth-order valence-corrected chi connectivity index (χ4v) is 6.25. The van der Waals surface area contributed by atoms with Gasteiger partial charge < -0.3 is 31.3 Å². The van der Waals surface area contributed by atoms with Crippen molar-refractivity contribution in [3.63, 3.8) is 0 Å². The van der Waals surface area contributed by atoms with Gasteiger partial charge in [-0.2, -0.15) is 0 Å². The van der Waals surface area contributed by atoms with Crippen LogP contribution in [0.1, 0.15) is 86.6 Å². The number of hydrogen-bond donors (Lipinski definition) is 5. The van der Waals surface area contributed by atoms with E-state index in [9.17, 15) is 33.9 Å². The van der Waals surface area contributed by atoms with Crippen LogP contribution in [0, 0.1) is 28.6 Å². The highest BCUT2D eigenvalue weighted by Gasteiger charge is 2.48. The largest absolute Gasteiger partial charge is 0.480 e. The van der Waals surface area contributed by atoms with Gasteiger partial charge in [0.25, 0.3) is 5.91 Å². The first-order chi connectivity index (χ1) is 22.3. The van der Waals surface area contributed by atoms with Gasteiger partial charge in [-0.3, -0.25) is 19.2 Å². The van der Waals surface area contributed by atoms with E-state index < -0.39 is 70.5 Å². The lowest BCUT2D eigenvalue weighted by atomic mass is 9.84. The van der Waals surface area contributed by atoms with E-state index in [2.05, 4.69) is 21.3 Å². The first-order valence-electron chi connectivity index (χ1n) is 17.1. The molecule has 5 atom stereocenters. The summed E-state index contributed by atoms with van der Waals surface area (Å²) in [5, 5.41) is 20.4. The van der Waals surface area contributed by atoms with Gasteiger partial charge in [0.1, 0.15) is 18.1 Å². The van der Waals surface area contributed by atoms with Gasteiger partial charge in [-0.05, 0) is 53.4 Å². The van der Waals surface area contributed by atoms with Crippen molar-refractivity contribution in [2.24, 2.45) is 28.6 Å². The summed E-state index contributed by atoms with van der Waals surface area (Å²) >= 11 is 0. The zero-order valence-electron chi connectivity index (χ0n) is 29.7. The second-order valence-electron chi connectivity index (χ2n) is 15.8. The molecular weight excluding hydrogens is 614 g/mol. The molecule has 1 saturated carbocycles.